The topological polar surface area (TPSA) is 21.1 Å². The highest BCUT2D eigenvalue weighted by molar-refractivity contribution is 5.85. The highest BCUT2D eigenvalue weighted by Gasteiger charge is 2.08. The lowest BCUT2D eigenvalue weighted by molar-refractivity contribution is 0.736. The van der Waals surface area contributed by atoms with E-state index in [9.17, 15) is 0 Å². The van der Waals surface area contributed by atoms with Gasteiger partial charge < -0.3 is 4.90 Å². The van der Waals surface area contributed by atoms with Crippen LogP contribution in [0.4, 0.5) is 5.82 Å². The molecule has 0 aromatic carbocycles. The maximum Gasteiger partial charge on any atom is 0.150 e. The number of aromatic nitrogens is 2. The second-order valence-corrected chi connectivity index (χ2v) is 3.05. The van der Waals surface area contributed by atoms with Crippen molar-refractivity contribution in [2.24, 2.45) is 7.05 Å². The van der Waals surface area contributed by atoms with Crippen LogP contribution in [-0.4, -0.2) is 22.9 Å². The first kappa shape index (κ1) is 10.1. The number of aryl methyl sites for hydroxylation is 1. The van der Waals surface area contributed by atoms with E-state index in [4.69, 9.17) is 0 Å². The molecule has 2 heterocycles. The number of rotatable bonds is 1. The summed E-state index contributed by atoms with van der Waals surface area (Å²) in [6, 6.07) is 2.05. The van der Waals surface area contributed by atoms with Crippen molar-refractivity contribution in [2.45, 2.75) is 6.42 Å². The Kier molecular flexibility index (Phi) is 3.37. The first-order chi connectivity index (χ1) is 5.86. The summed E-state index contributed by atoms with van der Waals surface area (Å²) in [5.41, 5.74) is 0. The number of nitrogens with zero attached hydrogens (tertiary/aromatic N) is 3. The van der Waals surface area contributed by atoms with Gasteiger partial charge in [0, 0.05) is 32.4 Å². The van der Waals surface area contributed by atoms with Gasteiger partial charge in [-0.05, 0) is 6.42 Å². The molecule has 0 aliphatic carbocycles. The van der Waals surface area contributed by atoms with Crippen LogP contribution in [0.2, 0.25) is 0 Å². The summed E-state index contributed by atoms with van der Waals surface area (Å²) in [6.07, 6.45) is 7.53. The van der Waals surface area contributed by atoms with Gasteiger partial charge in [0.25, 0.3) is 0 Å². The van der Waals surface area contributed by atoms with Gasteiger partial charge in [-0.1, -0.05) is 12.2 Å². The molecule has 0 saturated heterocycles. The maximum absolute atomic E-state index is 4.34. The minimum absolute atomic E-state index is 0. The quantitative estimate of drug-likeness (QED) is 0.641. The van der Waals surface area contributed by atoms with E-state index in [1.165, 1.54) is 0 Å². The monoisotopic (exact) mass is 199 g/mol. The molecule has 13 heavy (non-hydrogen) atoms. The minimum atomic E-state index is 0. The number of halogens is 1. The summed E-state index contributed by atoms with van der Waals surface area (Å²) in [5.74, 6) is 1.09. The lowest BCUT2D eigenvalue weighted by Crippen LogP contribution is -2.27. The van der Waals surface area contributed by atoms with Crippen molar-refractivity contribution in [1.29, 1.82) is 0 Å². The Morgan fingerprint density at radius 3 is 2.77 bits per heavy atom. The van der Waals surface area contributed by atoms with E-state index in [-0.39, 0.29) is 12.4 Å². The van der Waals surface area contributed by atoms with Gasteiger partial charge in [0.1, 0.15) is 0 Å². The zero-order valence-electron chi connectivity index (χ0n) is 7.68. The predicted octanol–water partition coefficient (Wildman–Crippen LogP) is 1.61. The van der Waals surface area contributed by atoms with Crippen LogP contribution in [0.3, 0.4) is 0 Å². The molecule has 0 fully saturated rings. The van der Waals surface area contributed by atoms with Crippen LogP contribution in [0.15, 0.2) is 24.4 Å². The molecule has 0 spiro atoms. The van der Waals surface area contributed by atoms with Gasteiger partial charge in [0.05, 0.1) is 0 Å². The van der Waals surface area contributed by atoms with E-state index in [0.717, 1.165) is 25.3 Å². The van der Waals surface area contributed by atoms with Crippen molar-refractivity contribution in [3.8, 4) is 0 Å². The smallest absolute Gasteiger partial charge is 0.150 e. The Balaban J connectivity index is 0.000000845. The van der Waals surface area contributed by atoms with Gasteiger partial charge in [-0.3, -0.25) is 4.68 Å². The van der Waals surface area contributed by atoms with Gasteiger partial charge in [-0.2, -0.15) is 5.10 Å². The first-order valence-corrected chi connectivity index (χ1v) is 4.26. The zero-order chi connectivity index (χ0) is 8.39. The molecule has 72 valence electrons. The summed E-state index contributed by atoms with van der Waals surface area (Å²) < 4.78 is 1.84. The lowest BCUT2D eigenvalue weighted by Gasteiger charge is -2.22. The van der Waals surface area contributed by atoms with Crippen LogP contribution < -0.4 is 4.90 Å². The molecule has 1 aliphatic rings. The van der Waals surface area contributed by atoms with E-state index in [0.29, 0.717) is 0 Å². The average molecular weight is 200 g/mol. The van der Waals surface area contributed by atoms with Crippen molar-refractivity contribution in [3.05, 3.63) is 24.4 Å². The van der Waals surface area contributed by atoms with Gasteiger partial charge >= 0.3 is 0 Å². The predicted molar refractivity (Wildman–Crippen MR) is 56.4 cm³/mol. The van der Waals surface area contributed by atoms with E-state index in [1.807, 2.05) is 17.9 Å². The molecule has 0 N–H and O–H groups in total. The van der Waals surface area contributed by atoms with Crippen molar-refractivity contribution >= 4 is 18.2 Å². The Morgan fingerprint density at radius 1 is 1.38 bits per heavy atom. The van der Waals surface area contributed by atoms with E-state index in [2.05, 4.69) is 28.2 Å². The summed E-state index contributed by atoms with van der Waals surface area (Å²) in [7, 11) is 1.95. The molecule has 0 bridgehead atoms. The molecule has 2 rings (SSSR count). The Bertz CT molecular complexity index is 293. The maximum atomic E-state index is 4.34. The minimum Gasteiger partial charge on any atom is -0.351 e. The molecule has 0 unspecified atom stereocenters. The Morgan fingerprint density at radius 2 is 2.23 bits per heavy atom. The van der Waals surface area contributed by atoms with Crippen LogP contribution >= 0.6 is 12.4 Å². The molecule has 0 saturated carbocycles. The van der Waals surface area contributed by atoms with Crippen LogP contribution in [0.5, 0.6) is 0 Å². The molecule has 1 aliphatic heterocycles. The SMILES string of the molecule is Cl.Cn1ccc(N2CC=CCC2)n1. The van der Waals surface area contributed by atoms with E-state index in [1.54, 1.807) is 0 Å². The van der Waals surface area contributed by atoms with Crippen LogP contribution in [0.1, 0.15) is 6.42 Å². The van der Waals surface area contributed by atoms with Crippen molar-refractivity contribution in [2.75, 3.05) is 18.0 Å². The van der Waals surface area contributed by atoms with Gasteiger partial charge in [-0.15, -0.1) is 12.4 Å². The molecule has 1 aromatic heterocycles. The van der Waals surface area contributed by atoms with Crippen LogP contribution in [0.25, 0.3) is 0 Å². The van der Waals surface area contributed by atoms with E-state index >= 15 is 0 Å². The van der Waals surface area contributed by atoms with Crippen LogP contribution in [0, 0.1) is 0 Å². The zero-order valence-corrected chi connectivity index (χ0v) is 8.50. The molecule has 0 amide bonds. The van der Waals surface area contributed by atoms with Crippen molar-refractivity contribution < 1.29 is 0 Å². The summed E-state index contributed by atoms with van der Waals surface area (Å²) in [6.45, 7) is 2.09. The second kappa shape index (κ2) is 4.33. The highest BCUT2D eigenvalue weighted by Crippen LogP contribution is 2.12. The van der Waals surface area contributed by atoms with Gasteiger partial charge in [0.2, 0.25) is 0 Å². The second-order valence-electron chi connectivity index (χ2n) is 3.05. The molecule has 3 nitrogen and oxygen atoms in total. The highest BCUT2D eigenvalue weighted by atomic mass is 35.5. The third-order valence-electron chi connectivity index (χ3n) is 2.08. The van der Waals surface area contributed by atoms with Crippen molar-refractivity contribution in [3.63, 3.8) is 0 Å². The Hall–Kier alpha value is -0.960. The fraction of sp³-hybridized carbons (Fsp3) is 0.444. The first-order valence-electron chi connectivity index (χ1n) is 4.26. The van der Waals surface area contributed by atoms with Gasteiger partial charge in [0.15, 0.2) is 5.82 Å². The summed E-state index contributed by atoms with van der Waals surface area (Å²) in [5, 5.41) is 4.34. The third kappa shape index (κ3) is 2.25. The van der Waals surface area contributed by atoms with Crippen molar-refractivity contribution in [1.82, 2.24) is 9.78 Å². The molecule has 0 atom stereocenters. The fourth-order valence-corrected chi connectivity index (χ4v) is 1.42. The fourth-order valence-electron chi connectivity index (χ4n) is 1.42. The summed E-state index contributed by atoms with van der Waals surface area (Å²) in [4.78, 5) is 2.28. The largest absolute Gasteiger partial charge is 0.351 e. The standard InChI is InChI=1S/C9H13N3.ClH/c1-11-8-5-9(10-11)12-6-3-2-4-7-12;/h2-3,5,8H,4,6-7H2,1H3;1H. The normalized spacial score (nSPS) is 15.6. The van der Waals surface area contributed by atoms with Gasteiger partial charge in [-0.25, -0.2) is 0 Å². The third-order valence-corrected chi connectivity index (χ3v) is 2.08. The summed E-state index contributed by atoms with van der Waals surface area (Å²) >= 11 is 0. The average Bonchev–Trinajstić information content (AvgIpc) is 2.54. The van der Waals surface area contributed by atoms with E-state index < -0.39 is 0 Å². The number of hydrogen-bond donors (Lipinski definition) is 0. The molecular formula is C9H14ClN3. The number of hydrogen-bond acceptors (Lipinski definition) is 2. The molecule has 0 radical (unpaired) electrons. The lowest BCUT2D eigenvalue weighted by atomic mass is 10.2. The molecule has 4 heteroatoms. The molecular weight excluding hydrogens is 186 g/mol. The Labute approximate surface area is 84.4 Å². The number of anilines is 1. The molecule has 1 aromatic rings. The van der Waals surface area contributed by atoms with Crippen LogP contribution in [-0.2, 0) is 7.05 Å².